The Balaban J connectivity index is 0.000000166. The number of ether oxygens (including phenoxy) is 3. The number of nitrogen functional groups attached to an aromatic ring is 1. The van der Waals surface area contributed by atoms with Gasteiger partial charge in [0.25, 0.3) is 52.3 Å². The average molecular weight is 1740 g/mol. The molecule has 0 unspecified atom stereocenters. The summed E-state index contributed by atoms with van der Waals surface area (Å²) in [5.74, 6) is -4.57. The summed E-state index contributed by atoms with van der Waals surface area (Å²) in [7, 11) is 7.67. The number of aromatic amines is 4. The Hall–Kier alpha value is -18.7. The fraction of sp³-hybridized carbons (Fsp3) is 0.0575. The van der Waals surface area contributed by atoms with Gasteiger partial charge in [0.05, 0.1) is 19.7 Å². The molecule has 16 aromatic rings. The Kier molecular flexibility index (Phi) is 29.7. The van der Waals surface area contributed by atoms with Crippen molar-refractivity contribution in [3.63, 3.8) is 0 Å². The predicted molar refractivity (Wildman–Crippen MR) is 465 cm³/mol. The van der Waals surface area contributed by atoms with Crippen molar-refractivity contribution in [3.05, 3.63) is 340 Å². The number of nitrogens with zero attached hydrogens (tertiary/aromatic N) is 4. The third-order valence-corrected chi connectivity index (χ3v) is 17.9. The summed E-state index contributed by atoms with van der Waals surface area (Å²) in [4.78, 5) is 168. The minimum atomic E-state index is -1.20. The Morgan fingerprint density at radius 3 is 0.984 bits per heavy atom. The lowest BCUT2D eigenvalue weighted by atomic mass is 10.2. The number of anilines is 2. The lowest BCUT2D eigenvalue weighted by Gasteiger charge is -2.04. The predicted octanol–water partition coefficient (Wildman–Crippen LogP) is 13.8. The summed E-state index contributed by atoms with van der Waals surface area (Å²) in [5.41, 5.74) is 16.9. The SMILES string of the molecule is CN.CNC(=O)c1ccc(O)cc1.CNC(=O)c1ccc(OC(=O)c2cc3cc(N)ccc3[nH]2)cc1.CNC(=O)c1ccc(OC(=O)c2cc3cc(NC(=O)c4cc5cc([N+](=O)[O-])ccc5o4)ccc3[nH]2)cc1.CNC(=O)c1ccc(OC(=O)c2cc3cc([N+](=O)[O-])ccc3[nH]2)cc1.O=C(O)c1cc2cc([N+](=O)[O-])ccc2[nH]1.O=C(O)c1cc2cc([N+](=O)[O-])ccc2o1. The molecule has 0 aliphatic heterocycles. The van der Waals surface area contributed by atoms with Gasteiger partial charge in [-0.1, -0.05) is 0 Å². The lowest BCUT2D eigenvalue weighted by Crippen LogP contribution is -2.17. The number of benzene rings is 10. The van der Waals surface area contributed by atoms with Crippen LogP contribution in [0, 0.1) is 40.5 Å². The third kappa shape index (κ3) is 23.5. The number of nitrogens with two attached hydrogens (primary N) is 2. The van der Waals surface area contributed by atoms with Crippen LogP contribution in [0.4, 0.5) is 34.1 Å². The molecule has 0 fully saturated rings. The summed E-state index contributed by atoms with van der Waals surface area (Å²) in [6, 6.07) is 60.2. The maximum atomic E-state index is 12.7. The number of furan rings is 2. The average Bonchev–Trinajstić information content (AvgIpc) is 1.67. The van der Waals surface area contributed by atoms with Gasteiger partial charge in [0, 0.05) is 165 Å². The number of H-pyrrole nitrogens is 4. The van der Waals surface area contributed by atoms with Gasteiger partial charge in [0.2, 0.25) is 5.76 Å². The molecule has 0 saturated carbocycles. The number of aromatic carboxylic acids is 2. The highest BCUT2D eigenvalue weighted by Gasteiger charge is 2.22. The van der Waals surface area contributed by atoms with Gasteiger partial charge in [-0.25, -0.2) is 24.0 Å². The van der Waals surface area contributed by atoms with Crippen molar-refractivity contribution in [3.8, 4) is 23.0 Å². The molecule has 0 spiro atoms. The Morgan fingerprint density at radius 1 is 0.336 bits per heavy atom. The summed E-state index contributed by atoms with van der Waals surface area (Å²) in [6.45, 7) is 0. The molecule has 0 aliphatic rings. The van der Waals surface area contributed by atoms with Gasteiger partial charge in [-0.15, -0.1) is 0 Å². The van der Waals surface area contributed by atoms with E-state index < -0.39 is 55.4 Å². The monoisotopic (exact) mass is 1740 g/mol. The minimum absolute atomic E-state index is 0.00336. The van der Waals surface area contributed by atoms with Gasteiger partial charge in [0.15, 0.2) is 5.76 Å². The van der Waals surface area contributed by atoms with Gasteiger partial charge >= 0.3 is 29.8 Å². The Bertz CT molecular complexity index is 6820. The quantitative estimate of drug-likeness (QED) is 0.0125. The first kappa shape index (κ1) is 91.6. The first-order valence-corrected chi connectivity index (χ1v) is 37.2. The van der Waals surface area contributed by atoms with E-state index in [1.54, 1.807) is 111 Å². The number of aromatic hydroxyl groups is 1. The molecule has 0 radical (unpaired) electrons. The van der Waals surface area contributed by atoms with E-state index in [9.17, 15) is 88.4 Å². The van der Waals surface area contributed by atoms with E-state index in [2.05, 4.69) is 52.3 Å². The van der Waals surface area contributed by atoms with Crippen molar-refractivity contribution in [2.45, 2.75) is 0 Å². The van der Waals surface area contributed by atoms with E-state index >= 15 is 0 Å². The highest BCUT2D eigenvalue weighted by molar-refractivity contribution is 6.07. The van der Waals surface area contributed by atoms with Gasteiger partial charge in [-0.3, -0.25) is 64.4 Å². The number of carboxylic acid groups (broad SMARTS) is 2. The molecule has 0 aliphatic carbocycles. The number of non-ortho nitro benzene ring substituents is 4. The molecule has 128 heavy (non-hydrogen) atoms. The zero-order valence-electron chi connectivity index (χ0n) is 67.3. The van der Waals surface area contributed by atoms with E-state index in [1.807, 2.05) is 0 Å². The number of carbonyl (C=O) groups excluding carboxylic acids is 8. The lowest BCUT2D eigenvalue weighted by molar-refractivity contribution is -0.384. The molecular formula is C87H71N15O26. The van der Waals surface area contributed by atoms with Crippen LogP contribution < -0.4 is 52.3 Å². The Morgan fingerprint density at radius 2 is 0.633 bits per heavy atom. The second kappa shape index (κ2) is 41.5. The van der Waals surface area contributed by atoms with Crippen molar-refractivity contribution in [1.29, 1.82) is 0 Å². The molecule has 41 nitrogen and oxygen atoms in total. The smallest absolute Gasteiger partial charge is 0.371 e. The first-order chi connectivity index (χ1) is 61.2. The molecule has 10 aromatic carbocycles. The van der Waals surface area contributed by atoms with Gasteiger partial charge < -0.3 is 96.4 Å². The number of hydrogen-bond donors (Lipinski definition) is 14. The molecule has 6 aromatic heterocycles. The summed E-state index contributed by atoms with van der Waals surface area (Å²) < 4.78 is 26.4. The third-order valence-electron chi connectivity index (χ3n) is 17.9. The number of carbonyl (C=O) groups is 10. The van der Waals surface area contributed by atoms with Crippen molar-refractivity contribution < 1.29 is 106 Å². The maximum absolute atomic E-state index is 12.7. The fourth-order valence-corrected chi connectivity index (χ4v) is 11.7. The molecule has 41 heteroatoms. The second-order valence-electron chi connectivity index (χ2n) is 26.3. The van der Waals surface area contributed by atoms with Crippen LogP contribution in [0.15, 0.2) is 251 Å². The number of carboxylic acids is 2. The van der Waals surface area contributed by atoms with Gasteiger partial charge in [-0.05, 0) is 201 Å². The highest BCUT2D eigenvalue weighted by Crippen LogP contribution is 2.31. The fourth-order valence-electron chi connectivity index (χ4n) is 11.7. The number of hydrogen-bond acceptors (Lipinski definition) is 26. The topological polar surface area (TPSA) is 633 Å². The normalized spacial score (nSPS) is 10.3. The van der Waals surface area contributed by atoms with Crippen LogP contribution in [-0.2, 0) is 0 Å². The highest BCUT2D eigenvalue weighted by atomic mass is 16.6. The molecule has 16 N–H and O–H groups in total. The van der Waals surface area contributed by atoms with E-state index in [4.69, 9.17) is 44.1 Å². The maximum Gasteiger partial charge on any atom is 0.371 e. The largest absolute Gasteiger partial charge is 0.508 e. The van der Waals surface area contributed by atoms with Crippen LogP contribution >= 0.6 is 0 Å². The van der Waals surface area contributed by atoms with Crippen molar-refractivity contribution in [2.24, 2.45) is 5.73 Å². The number of amides is 5. The number of fused-ring (bicyclic) bond motifs is 6. The summed E-state index contributed by atoms with van der Waals surface area (Å²) in [6.07, 6.45) is 0. The number of nitro groups is 4. The molecule has 6 heterocycles. The minimum Gasteiger partial charge on any atom is -0.508 e. The molecular weight excluding hydrogens is 1670 g/mol. The summed E-state index contributed by atoms with van der Waals surface area (Å²) in [5, 5.41) is 85.0. The van der Waals surface area contributed by atoms with Crippen LogP contribution in [0.2, 0.25) is 0 Å². The zero-order chi connectivity index (χ0) is 92.7. The molecule has 16 rings (SSSR count). The van der Waals surface area contributed by atoms with E-state index in [-0.39, 0.29) is 92.2 Å². The van der Waals surface area contributed by atoms with Crippen molar-refractivity contribution >= 4 is 159 Å². The molecule has 5 amide bonds. The summed E-state index contributed by atoms with van der Waals surface area (Å²) >= 11 is 0. The molecule has 650 valence electrons. The number of rotatable bonds is 18. The second-order valence-corrected chi connectivity index (χ2v) is 26.3. The molecule has 0 saturated heterocycles. The zero-order valence-corrected chi connectivity index (χ0v) is 67.3. The van der Waals surface area contributed by atoms with Gasteiger partial charge in [0.1, 0.15) is 56.9 Å². The molecule has 0 atom stereocenters. The number of nitro benzene ring substituents is 4. The Labute approximate surface area is 717 Å². The number of nitrogens with one attached hydrogen (secondary N) is 9. The standard InChI is InChI=1S/C26H18N4O7.C17H13N3O5.C17H15N3O3.C9H6N2O4.C9H5NO5.C8H9NO2.CH5N/c1-27-24(31)14-2-6-19(7-3-14)36-26(33)21-12-15-10-17(4-8-20(15)29-21)28-25(32)23-13-16-11-18(30(34)35)5-9-22(16)37-23;1-18-16(21)10-2-5-13(6-3-10)25-17(22)15-9-11-8-12(20(23)24)4-7-14(11)19-15;1-19-16(21)10-2-5-13(6-3-10)23-17(22)15-9-11-8-12(18)4-7-14(11)20-15;12-9(13)8-4-5-3-6(11(14)15)1-2-7(5)10-8;11-9(12)8-4-5-3-6(10(13)14)1-2-7(5)15-8;1-9-8(11)6-2-4-7(10)5-3-6;1-2/h2-13,29H,1H3,(H,27,31)(H,28,32);2-9,19H,1H3,(H,18,21);2-9,20H,18H2,1H3,(H,19,21);1-4,10H,(H,12,13);1-4H,(H,11,12);2-5,10H,1H3,(H,9,11);2H2,1H3. The van der Waals surface area contributed by atoms with Crippen LogP contribution in [0.1, 0.15) is 104 Å². The number of phenolic OH excluding ortho intramolecular Hbond substituents is 1. The van der Waals surface area contributed by atoms with Gasteiger partial charge in [-0.2, -0.15) is 0 Å². The van der Waals surface area contributed by atoms with Crippen LogP contribution in [0.5, 0.6) is 23.0 Å². The van der Waals surface area contributed by atoms with Crippen molar-refractivity contribution in [1.82, 2.24) is 41.2 Å². The van der Waals surface area contributed by atoms with Crippen LogP contribution in [0.3, 0.4) is 0 Å². The number of esters is 3. The van der Waals surface area contributed by atoms with Crippen LogP contribution in [0.25, 0.3) is 65.6 Å². The van der Waals surface area contributed by atoms with Crippen molar-refractivity contribution in [2.75, 3.05) is 46.3 Å². The molecule has 0 bridgehead atoms. The van der Waals surface area contributed by atoms with E-state index in [0.29, 0.717) is 99.7 Å². The number of aromatic nitrogens is 4. The number of phenols is 1. The van der Waals surface area contributed by atoms with E-state index in [0.717, 1.165) is 10.9 Å². The van der Waals surface area contributed by atoms with E-state index in [1.165, 1.54) is 167 Å². The van der Waals surface area contributed by atoms with Crippen LogP contribution in [-0.4, -0.2) is 150 Å². The first-order valence-electron chi connectivity index (χ1n) is 37.2.